The zero-order chi connectivity index (χ0) is 28.0. The van der Waals surface area contributed by atoms with Crippen molar-refractivity contribution < 1.29 is 37.0 Å². The average Bonchev–Trinajstić information content (AvgIpc) is 3.27. The minimum absolute atomic E-state index is 0.00532. The number of thioether (sulfide) groups is 1. The quantitative estimate of drug-likeness (QED) is 0.502. The fourth-order valence-electron chi connectivity index (χ4n) is 3.77. The van der Waals surface area contributed by atoms with Crippen LogP contribution < -0.4 is 14.8 Å². The van der Waals surface area contributed by atoms with E-state index in [4.69, 9.17) is 19.5 Å². The second-order valence-electron chi connectivity index (χ2n) is 8.34. The normalized spacial score (nSPS) is 16.6. The van der Waals surface area contributed by atoms with E-state index in [2.05, 4.69) is 10.3 Å². The molecule has 9 nitrogen and oxygen atoms in total. The van der Waals surface area contributed by atoms with Gasteiger partial charge in [-0.3, -0.25) is 9.59 Å². The van der Waals surface area contributed by atoms with Crippen LogP contribution in [-0.2, 0) is 20.5 Å². The molecule has 2 aromatic rings. The number of carbonyl (C=O) groups excluding carboxylic acids is 2. The summed E-state index contributed by atoms with van der Waals surface area (Å²) in [7, 11) is 1.33. The molecule has 0 unspecified atom stereocenters. The van der Waals surface area contributed by atoms with Gasteiger partial charge >= 0.3 is 6.18 Å². The molecule has 2 amide bonds. The Bertz CT molecular complexity index is 1360. The molecule has 2 heterocycles. The van der Waals surface area contributed by atoms with E-state index in [0.29, 0.717) is 54.6 Å². The van der Waals surface area contributed by atoms with Crippen molar-refractivity contribution in [1.82, 2.24) is 10.2 Å². The molecule has 13 heteroatoms. The number of methoxy groups -OCH3 is 1. The highest BCUT2D eigenvalue weighted by molar-refractivity contribution is 8.18. The maximum absolute atomic E-state index is 13.5. The van der Waals surface area contributed by atoms with Gasteiger partial charge in [0.15, 0.2) is 16.7 Å². The van der Waals surface area contributed by atoms with Gasteiger partial charge in [0, 0.05) is 26.1 Å². The number of nitrogens with one attached hydrogen (secondary N) is 1. The Balaban J connectivity index is 1.41. The highest BCUT2D eigenvalue weighted by atomic mass is 32.2. The molecule has 204 valence electrons. The molecule has 2 aromatic carbocycles. The molecular weight excluding hydrogens is 537 g/mol. The number of halogens is 3. The zero-order valence-electron chi connectivity index (χ0n) is 20.7. The van der Waals surface area contributed by atoms with E-state index in [1.807, 2.05) is 0 Å². The fourth-order valence-corrected chi connectivity index (χ4v) is 4.61. The lowest BCUT2D eigenvalue weighted by Gasteiger charge is -2.26. The molecule has 0 aliphatic carbocycles. The van der Waals surface area contributed by atoms with Crippen LogP contribution in [0.1, 0.15) is 23.1 Å². The zero-order valence-corrected chi connectivity index (χ0v) is 21.5. The van der Waals surface area contributed by atoms with Crippen LogP contribution in [0.3, 0.4) is 0 Å². The Hall–Kier alpha value is -4.02. The van der Waals surface area contributed by atoms with Gasteiger partial charge in [0.05, 0.1) is 42.4 Å². The topological polar surface area (TPSA) is 113 Å². The third kappa shape index (κ3) is 7.10. The first-order valence-electron chi connectivity index (χ1n) is 11.8. The molecule has 39 heavy (non-hydrogen) atoms. The van der Waals surface area contributed by atoms with E-state index in [0.717, 1.165) is 17.8 Å². The number of rotatable bonds is 7. The molecule has 0 radical (unpaired) electrons. The van der Waals surface area contributed by atoms with Crippen molar-refractivity contribution in [3.63, 3.8) is 0 Å². The highest BCUT2D eigenvalue weighted by Crippen LogP contribution is 2.41. The SMILES string of the molecule is COc1cc(/C=C2/SC(NCCC(=O)N3CCOCC3)=NC2=O)ccc1Oc1ccc(C#N)cc1C(F)(F)F. The molecule has 1 saturated heterocycles. The Morgan fingerprint density at radius 2 is 1.95 bits per heavy atom. The summed E-state index contributed by atoms with van der Waals surface area (Å²) in [5, 5.41) is 12.3. The summed E-state index contributed by atoms with van der Waals surface area (Å²) in [4.78, 5) is 30.7. The number of amidine groups is 1. The Labute approximate surface area is 226 Å². The second kappa shape index (κ2) is 12.2. The summed E-state index contributed by atoms with van der Waals surface area (Å²) in [6.07, 6.45) is -2.92. The van der Waals surface area contributed by atoms with Gasteiger partial charge in [0.25, 0.3) is 5.91 Å². The van der Waals surface area contributed by atoms with Crippen LogP contribution in [0.2, 0.25) is 0 Å². The molecule has 1 fully saturated rings. The van der Waals surface area contributed by atoms with Crippen LogP contribution in [0.25, 0.3) is 6.08 Å². The van der Waals surface area contributed by atoms with Crippen LogP contribution >= 0.6 is 11.8 Å². The van der Waals surface area contributed by atoms with Crippen molar-refractivity contribution in [3.05, 3.63) is 58.0 Å². The lowest BCUT2D eigenvalue weighted by atomic mass is 10.1. The molecule has 0 atom stereocenters. The minimum Gasteiger partial charge on any atom is -0.493 e. The predicted octanol–water partition coefficient (Wildman–Crippen LogP) is 4.19. The van der Waals surface area contributed by atoms with Gasteiger partial charge in [-0.1, -0.05) is 6.07 Å². The third-order valence-corrected chi connectivity index (χ3v) is 6.66. The number of amides is 2. The van der Waals surface area contributed by atoms with Gasteiger partial charge in [-0.15, -0.1) is 0 Å². The van der Waals surface area contributed by atoms with Crippen LogP contribution in [0.15, 0.2) is 46.3 Å². The molecule has 0 saturated carbocycles. The summed E-state index contributed by atoms with van der Waals surface area (Å²) >= 11 is 1.11. The van der Waals surface area contributed by atoms with Gasteiger partial charge in [-0.25, -0.2) is 0 Å². The Kier molecular flexibility index (Phi) is 8.78. The molecular formula is C26H23F3N4O5S. The number of hydrogen-bond donors (Lipinski definition) is 1. The first-order chi connectivity index (χ1) is 18.7. The van der Waals surface area contributed by atoms with Crippen molar-refractivity contribution >= 4 is 34.8 Å². The predicted molar refractivity (Wildman–Crippen MR) is 137 cm³/mol. The average molecular weight is 561 g/mol. The van der Waals surface area contributed by atoms with Crippen LogP contribution in [0, 0.1) is 11.3 Å². The Morgan fingerprint density at radius 3 is 2.64 bits per heavy atom. The highest BCUT2D eigenvalue weighted by Gasteiger charge is 2.35. The summed E-state index contributed by atoms with van der Waals surface area (Å²) in [5.41, 5.74) is -0.710. The van der Waals surface area contributed by atoms with Crippen LogP contribution in [0.5, 0.6) is 17.2 Å². The fraction of sp³-hybridized carbons (Fsp3) is 0.308. The molecule has 2 aliphatic rings. The molecule has 1 N–H and O–H groups in total. The third-order valence-electron chi connectivity index (χ3n) is 5.72. The summed E-state index contributed by atoms with van der Waals surface area (Å²) in [6.45, 7) is 2.48. The van der Waals surface area contributed by atoms with E-state index < -0.39 is 23.4 Å². The monoisotopic (exact) mass is 560 g/mol. The lowest BCUT2D eigenvalue weighted by Crippen LogP contribution is -2.41. The molecule has 0 bridgehead atoms. The number of alkyl halides is 3. The minimum atomic E-state index is -4.73. The number of carbonyl (C=O) groups is 2. The lowest BCUT2D eigenvalue weighted by molar-refractivity contribution is -0.138. The standard InChI is InChI=1S/C26H23F3N4O5S/c1-36-21-13-16(2-5-20(21)38-19-4-3-17(15-30)12-18(19)26(27,28)29)14-22-24(35)32-25(39-22)31-7-6-23(34)33-8-10-37-11-9-33/h2-5,12-14H,6-11H2,1H3,(H,31,32,35)/b22-14+. The number of nitrogens with zero attached hydrogens (tertiary/aromatic N) is 3. The van der Waals surface area contributed by atoms with Gasteiger partial charge in [-0.05, 0) is 53.7 Å². The van der Waals surface area contributed by atoms with Gasteiger partial charge in [-0.2, -0.15) is 23.4 Å². The van der Waals surface area contributed by atoms with Crippen molar-refractivity contribution in [2.75, 3.05) is 40.0 Å². The summed E-state index contributed by atoms with van der Waals surface area (Å²) < 4.78 is 56.6. The summed E-state index contributed by atoms with van der Waals surface area (Å²) in [5.74, 6) is -0.798. The van der Waals surface area contributed by atoms with Crippen LogP contribution in [-0.4, -0.2) is 61.8 Å². The van der Waals surface area contributed by atoms with Gasteiger partial charge < -0.3 is 24.4 Å². The smallest absolute Gasteiger partial charge is 0.420 e. The van der Waals surface area contributed by atoms with E-state index >= 15 is 0 Å². The Morgan fingerprint density at radius 1 is 1.21 bits per heavy atom. The number of nitriles is 1. The molecule has 0 spiro atoms. The van der Waals surface area contributed by atoms with Gasteiger partial charge in [0.2, 0.25) is 5.91 Å². The summed E-state index contributed by atoms with van der Waals surface area (Å²) in [6, 6.07) is 9.19. The number of aliphatic imine (C=N–C) groups is 1. The first kappa shape index (κ1) is 28.0. The van der Waals surface area contributed by atoms with Gasteiger partial charge in [0.1, 0.15) is 5.75 Å². The maximum Gasteiger partial charge on any atom is 0.420 e. The number of morpholine rings is 1. The van der Waals surface area contributed by atoms with Crippen molar-refractivity contribution in [2.45, 2.75) is 12.6 Å². The largest absolute Gasteiger partial charge is 0.493 e. The number of benzene rings is 2. The van der Waals surface area contributed by atoms with E-state index in [1.165, 1.54) is 25.3 Å². The first-order valence-corrected chi connectivity index (χ1v) is 12.6. The molecule has 4 rings (SSSR count). The van der Waals surface area contributed by atoms with E-state index in [1.54, 1.807) is 23.1 Å². The van der Waals surface area contributed by atoms with Crippen LogP contribution in [0.4, 0.5) is 13.2 Å². The second-order valence-corrected chi connectivity index (χ2v) is 9.37. The van der Waals surface area contributed by atoms with Crippen molar-refractivity contribution in [1.29, 1.82) is 5.26 Å². The number of hydrogen-bond acceptors (Lipinski definition) is 8. The van der Waals surface area contributed by atoms with E-state index in [9.17, 15) is 22.8 Å². The van der Waals surface area contributed by atoms with Crippen molar-refractivity contribution in [3.8, 4) is 23.3 Å². The molecule has 2 aliphatic heterocycles. The molecule has 0 aromatic heterocycles. The van der Waals surface area contributed by atoms with Crippen molar-refractivity contribution in [2.24, 2.45) is 4.99 Å². The number of ether oxygens (including phenoxy) is 3. The maximum atomic E-state index is 13.5. The van der Waals surface area contributed by atoms with E-state index in [-0.39, 0.29) is 29.4 Å².